The summed E-state index contributed by atoms with van der Waals surface area (Å²) in [7, 11) is -8.23. The van der Waals surface area contributed by atoms with E-state index in [1.54, 1.807) is 0 Å². The Morgan fingerprint density at radius 3 is 2.08 bits per heavy atom. The molecule has 6 nitrogen and oxygen atoms in total. The van der Waals surface area contributed by atoms with Crippen LogP contribution < -0.4 is 9.86 Å². The maximum Gasteiger partial charge on any atom is 0.416 e. The van der Waals surface area contributed by atoms with E-state index < -0.39 is 36.7 Å². The van der Waals surface area contributed by atoms with Crippen LogP contribution in [0.1, 0.15) is 11.1 Å². The molecule has 142 valence electrons. The lowest BCUT2D eigenvalue weighted by atomic mass is 10.2. The van der Waals surface area contributed by atoms with Gasteiger partial charge in [0.2, 0.25) is 20.0 Å². The average molecular weight is 429 g/mol. The molecule has 0 heterocycles. The van der Waals surface area contributed by atoms with Crippen LogP contribution in [0.5, 0.6) is 0 Å². The Bertz CT molecular complexity index is 1020. The third-order valence-corrected chi connectivity index (χ3v) is 6.08. The molecule has 2 aromatic carbocycles. The second-order valence-corrected chi connectivity index (χ2v) is 8.86. The first kappa shape index (κ1) is 20.6. The molecule has 0 spiro atoms. The Labute approximate surface area is 152 Å². The van der Waals surface area contributed by atoms with Crippen molar-refractivity contribution in [2.24, 2.45) is 5.14 Å². The van der Waals surface area contributed by atoms with Gasteiger partial charge in [-0.25, -0.2) is 26.7 Å². The summed E-state index contributed by atoms with van der Waals surface area (Å²) in [4.78, 5) is -0.875. The summed E-state index contributed by atoms with van der Waals surface area (Å²) in [6, 6.07) is 6.94. The Morgan fingerprint density at radius 2 is 1.58 bits per heavy atom. The van der Waals surface area contributed by atoms with Gasteiger partial charge < -0.3 is 0 Å². The summed E-state index contributed by atoms with van der Waals surface area (Å²) in [5, 5.41) is 4.58. The second kappa shape index (κ2) is 7.16. The molecule has 0 bridgehead atoms. The van der Waals surface area contributed by atoms with E-state index in [1.165, 1.54) is 24.3 Å². The van der Waals surface area contributed by atoms with Crippen molar-refractivity contribution in [3.63, 3.8) is 0 Å². The largest absolute Gasteiger partial charge is 0.416 e. The van der Waals surface area contributed by atoms with Crippen LogP contribution in [-0.4, -0.2) is 16.8 Å². The Hall–Kier alpha value is -1.66. The first-order valence-electron chi connectivity index (χ1n) is 6.79. The van der Waals surface area contributed by atoms with Crippen LogP contribution in [0.25, 0.3) is 0 Å². The molecule has 12 heteroatoms. The Kier molecular flexibility index (Phi) is 5.69. The van der Waals surface area contributed by atoms with Crippen LogP contribution in [0.4, 0.5) is 13.2 Å². The molecule has 2 rings (SSSR count). The van der Waals surface area contributed by atoms with Gasteiger partial charge in [-0.1, -0.05) is 23.7 Å². The molecule has 2 aromatic rings. The van der Waals surface area contributed by atoms with Gasteiger partial charge in [-0.3, -0.25) is 0 Å². The van der Waals surface area contributed by atoms with Gasteiger partial charge in [0.25, 0.3) is 0 Å². The number of hydrogen-bond donors (Lipinski definition) is 2. The third kappa shape index (κ3) is 4.95. The second-order valence-electron chi connectivity index (χ2n) is 5.16. The van der Waals surface area contributed by atoms with E-state index in [0.717, 1.165) is 6.07 Å². The highest BCUT2D eigenvalue weighted by atomic mass is 35.5. The minimum Gasteiger partial charge on any atom is -0.225 e. The quantitative estimate of drug-likeness (QED) is 0.762. The number of primary sulfonamides is 1. The van der Waals surface area contributed by atoms with Crippen molar-refractivity contribution in [2.75, 3.05) is 0 Å². The van der Waals surface area contributed by atoms with Gasteiger partial charge >= 0.3 is 6.18 Å². The van der Waals surface area contributed by atoms with Crippen LogP contribution in [0.2, 0.25) is 5.02 Å². The van der Waals surface area contributed by atoms with Crippen molar-refractivity contribution in [2.45, 2.75) is 22.5 Å². The lowest BCUT2D eigenvalue weighted by Crippen LogP contribution is -2.24. The fraction of sp³-hybridized carbons (Fsp3) is 0.143. The molecule has 0 amide bonds. The minimum atomic E-state index is -4.72. The number of alkyl halides is 3. The molecule has 0 saturated heterocycles. The van der Waals surface area contributed by atoms with E-state index in [-0.39, 0.29) is 16.5 Å². The molecule has 0 saturated carbocycles. The van der Waals surface area contributed by atoms with E-state index in [2.05, 4.69) is 4.72 Å². The number of nitrogens with one attached hydrogen (secondary N) is 1. The fourth-order valence-electron chi connectivity index (χ4n) is 1.94. The number of benzene rings is 2. The van der Waals surface area contributed by atoms with E-state index in [9.17, 15) is 30.0 Å². The van der Waals surface area contributed by atoms with Gasteiger partial charge in [-0.15, -0.1) is 0 Å². The average Bonchev–Trinajstić information content (AvgIpc) is 2.51. The highest BCUT2D eigenvalue weighted by Gasteiger charge is 2.32. The summed E-state index contributed by atoms with van der Waals surface area (Å²) in [6.07, 6.45) is -4.72. The lowest BCUT2D eigenvalue weighted by Gasteiger charge is -2.12. The number of hydrogen-bond acceptors (Lipinski definition) is 4. The SMILES string of the molecule is NS(=O)(=O)c1ccc(CNS(=O)(=O)c2cc(C(F)(F)F)ccc2Cl)cc1. The first-order valence-corrected chi connectivity index (χ1v) is 10.2. The normalized spacial score (nSPS) is 13.0. The monoisotopic (exact) mass is 428 g/mol. The Balaban J connectivity index is 2.24. The molecule has 0 radical (unpaired) electrons. The number of sulfonamides is 2. The zero-order valence-corrected chi connectivity index (χ0v) is 15.2. The van der Waals surface area contributed by atoms with Crippen molar-refractivity contribution in [3.8, 4) is 0 Å². The molecule has 26 heavy (non-hydrogen) atoms. The molecule has 3 N–H and O–H groups in total. The highest BCUT2D eigenvalue weighted by molar-refractivity contribution is 7.89. The first-order chi connectivity index (χ1) is 11.8. The number of halogens is 4. The molecule has 0 aliphatic rings. The molecule has 0 aliphatic heterocycles. The predicted molar refractivity (Wildman–Crippen MR) is 88.3 cm³/mol. The maximum atomic E-state index is 12.8. The maximum absolute atomic E-state index is 12.8. The van der Waals surface area contributed by atoms with Crippen LogP contribution in [0.3, 0.4) is 0 Å². The minimum absolute atomic E-state index is 0.162. The molecule has 0 fully saturated rings. The summed E-state index contributed by atoms with van der Waals surface area (Å²) in [6.45, 7) is -0.292. The molecule has 0 atom stereocenters. The van der Waals surface area contributed by atoms with E-state index in [0.29, 0.717) is 17.7 Å². The van der Waals surface area contributed by atoms with Crippen molar-refractivity contribution in [1.29, 1.82) is 0 Å². The molecular weight excluding hydrogens is 417 g/mol. The molecular formula is C14H12ClF3N2O4S2. The molecule has 0 aromatic heterocycles. The van der Waals surface area contributed by atoms with Crippen LogP contribution in [0.15, 0.2) is 52.3 Å². The van der Waals surface area contributed by atoms with Crippen LogP contribution >= 0.6 is 11.6 Å². The van der Waals surface area contributed by atoms with E-state index >= 15 is 0 Å². The number of nitrogens with two attached hydrogens (primary N) is 1. The van der Waals surface area contributed by atoms with Crippen molar-refractivity contribution >= 4 is 31.6 Å². The van der Waals surface area contributed by atoms with Crippen molar-refractivity contribution in [3.05, 3.63) is 58.6 Å². The van der Waals surface area contributed by atoms with Crippen LogP contribution in [0, 0.1) is 0 Å². The molecule has 0 aliphatic carbocycles. The summed E-state index contributed by atoms with van der Waals surface area (Å²) in [5.41, 5.74) is -0.788. The van der Waals surface area contributed by atoms with E-state index in [1.807, 2.05) is 0 Å². The standard InChI is InChI=1S/C14H12ClF3N2O4S2/c15-12-6-3-10(14(16,17)18)7-13(12)26(23,24)20-8-9-1-4-11(5-2-9)25(19,21)22/h1-7,20H,8H2,(H2,19,21,22). The zero-order valence-electron chi connectivity index (χ0n) is 12.8. The number of rotatable bonds is 5. The predicted octanol–water partition coefficient (Wildman–Crippen LogP) is 2.48. The zero-order chi connectivity index (χ0) is 19.8. The van der Waals surface area contributed by atoms with Crippen molar-refractivity contribution in [1.82, 2.24) is 4.72 Å². The smallest absolute Gasteiger partial charge is 0.225 e. The third-order valence-electron chi connectivity index (χ3n) is 3.27. The highest BCUT2D eigenvalue weighted by Crippen LogP contribution is 2.33. The topological polar surface area (TPSA) is 106 Å². The van der Waals surface area contributed by atoms with Gasteiger partial charge in [-0.05, 0) is 35.9 Å². The van der Waals surface area contributed by atoms with Gasteiger partial charge in [0, 0.05) is 6.54 Å². The summed E-state index contributed by atoms with van der Waals surface area (Å²) in [5.74, 6) is 0. The molecule has 0 unspecified atom stereocenters. The lowest BCUT2D eigenvalue weighted by molar-refractivity contribution is -0.137. The van der Waals surface area contributed by atoms with Gasteiger partial charge in [0.1, 0.15) is 4.90 Å². The summed E-state index contributed by atoms with van der Waals surface area (Å²) >= 11 is 5.72. The Morgan fingerprint density at radius 1 is 1.00 bits per heavy atom. The van der Waals surface area contributed by atoms with Crippen molar-refractivity contribution < 1.29 is 30.0 Å². The summed E-state index contributed by atoms with van der Waals surface area (Å²) < 4.78 is 87.2. The van der Waals surface area contributed by atoms with Crippen LogP contribution in [-0.2, 0) is 32.8 Å². The van der Waals surface area contributed by atoms with Gasteiger partial charge in [0.15, 0.2) is 0 Å². The fourth-order valence-corrected chi connectivity index (χ4v) is 4.00. The van der Waals surface area contributed by atoms with E-state index in [4.69, 9.17) is 16.7 Å². The van der Waals surface area contributed by atoms with Gasteiger partial charge in [-0.2, -0.15) is 13.2 Å². The van der Waals surface area contributed by atoms with Gasteiger partial charge in [0.05, 0.1) is 15.5 Å².